The van der Waals surface area contributed by atoms with Crippen LogP contribution in [0.15, 0.2) is 24.3 Å². The Balaban J connectivity index is 2.53. The van der Waals surface area contributed by atoms with E-state index in [1.807, 2.05) is 12.1 Å². The van der Waals surface area contributed by atoms with Crippen LogP contribution in [-0.2, 0) is 16.0 Å². The molecular formula is C15H23NO2. The molecule has 0 aliphatic heterocycles. The molecule has 0 spiro atoms. The molecule has 2 N–H and O–H groups in total. The van der Waals surface area contributed by atoms with Gasteiger partial charge in [0.05, 0.1) is 6.04 Å². The Morgan fingerprint density at radius 1 is 1.28 bits per heavy atom. The lowest BCUT2D eigenvalue weighted by molar-refractivity contribution is -0.120. The third-order valence-corrected chi connectivity index (χ3v) is 3.07. The molecule has 0 aromatic heterocycles. The molecule has 1 unspecified atom stereocenters. The summed E-state index contributed by atoms with van der Waals surface area (Å²) in [5.74, 6) is 0.586. The van der Waals surface area contributed by atoms with Crippen LogP contribution in [0.25, 0.3) is 0 Å². The Kier molecular flexibility index (Phi) is 6.02. The van der Waals surface area contributed by atoms with Crippen LogP contribution >= 0.6 is 0 Å². The van der Waals surface area contributed by atoms with E-state index in [9.17, 15) is 4.79 Å². The molecule has 0 amide bonds. The van der Waals surface area contributed by atoms with Gasteiger partial charge in [-0.15, -0.1) is 0 Å². The summed E-state index contributed by atoms with van der Waals surface area (Å²) in [5.41, 5.74) is 8.11. The van der Waals surface area contributed by atoms with Gasteiger partial charge in [0.2, 0.25) is 0 Å². The van der Waals surface area contributed by atoms with E-state index in [-0.39, 0.29) is 5.78 Å². The predicted molar refractivity (Wildman–Crippen MR) is 73.7 cm³/mol. The Labute approximate surface area is 109 Å². The highest BCUT2D eigenvalue weighted by Crippen LogP contribution is 2.15. The maximum Gasteiger partial charge on any atom is 0.153 e. The topological polar surface area (TPSA) is 52.3 Å². The molecule has 0 heterocycles. The van der Waals surface area contributed by atoms with Crippen molar-refractivity contribution in [2.24, 2.45) is 5.73 Å². The Bertz CT molecular complexity index is 371. The predicted octanol–water partition coefficient (Wildman–Crippen LogP) is 2.29. The molecule has 0 saturated heterocycles. The summed E-state index contributed by atoms with van der Waals surface area (Å²) in [7, 11) is 1.61. The number of carbonyl (C=O) groups is 1. The van der Waals surface area contributed by atoms with Gasteiger partial charge in [0.15, 0.2) is 5.78 Å². The van der Waals surface area contributed by atoms with E-state index in [4.69, 9.17) is 10.5 Å². The van der Waals surface area contributed by atoms with Crippen LogP contribution in [0.2, 0.25) is 0 Å². The fourth-order valence-corrected chi connectivity index (χ4v) is 1.76. The molecule has 0 radical (unpaired) electrons. The van der Waals surface area contributed by atoms with Gasteiger partial charge in [-0.05, 0) is 23.5 Å². The van der Waals surface area contributed by atoms with Gasteiger partial charge in [-0.3, -0.25) is 4.79 Å². The number of ketones is 1. The van der Waals surface area contributed by atoms with E-state index < -0.39 is 6.04 Å². The normalized spacial score (nSPS) is 12.7. The number of rotatable bonds is 7. The fourth-order valence-electron chi connectivity index (χ4n) is 1.76. The minimum absolute atomic E-state index is 0.0735. The van der Waals surface area contributed by atoms with Gasteiger partial charge in [0, 0.05) is 20.1 Å². The maximum atomic E-state index is 11.9. The molecule has 0 saturated carbocycles. The number of hydrogen-bond donors (Lipinski definition) is 1. The third kappa shape index (κ3) is 4.59. The molecule has 0 aliphatic carbocycles. The molecule has 1 aromatic rings. The lowest BCUT2D eigenvalue weighted by Gasteiger charge is -2.11. The summed E-state index contributed by atoms with van der Waals surface area (Å²) in [5, 5.41) is 0. The Morgan fingerprint density at radius 3 is 2.39 bits per heavy atom. The van der Waals surface area contributed by atoms with Gasteiger partial charge >= 0.3 is 0 Å². The first-order chi connectivity index (χ1) is 8.54. The second-order valence-corrected chi connectivity index (χ2v) is 4.93. The van der Waals surface area contributed by atoms with Crippen LogP contribution in [0.5, 0.6) is 0 Å². The van der Waals surface area contributed by atoms with E-state index in [0.717, 1.165) is 5.56 Å². The zero-order chi connectivity index (χ0) is 13.5. The monoisotopic (exact) mass is 249 g/mol. The van der Waals surface area contributed by atoms with Crippen molar-refractivity contribution in [3.8, 4) is 0 Å². The molecule has 0 fully saturated rings. The Hall–Kier alpha value is -1.19. The summed E-state index contributed by atoms with van der Waals surface area (Å²) in [6.45, 7) is 4.83. The first-order valence-corrected chi connectivity index (χ1v) is 6.40. The van der Waals surface area contributed by atoms with E-state index in [1.54, 1.807) is 7.11 Å². The van der Waals surface area contributed by atoms with Crippen molar-refractivity contribution in [3.63, 3.8) is 0 Å². The number of benzene rings is 1. The zero-order valence-corrected chi connectivity index (χ0v) is 11.5. The highest BCUT2D eigenvalue weighted by Gasteiger charge is 2.13. The molecule has 1 rings (SSSR count). The number of carbonyl (C=O) groups excluding carboxylic acids is 1. The molecule has 0 aliphatic rings. The minimum atomic E-state index is -0.422. The number of Topliss-reactive ketones (excluding diaryl/α,β-unsaturated/α-hetero) is 1. The first kappa shape index (κ1) is 14.9. The van der Waals surface area contributed by atoms with E-state index in [2.05, 4.69) is 26.0 Å². The maximum absolute atomic E-state index is 11.9. The van der Waals surface area contributed by atoms with E-state index in [1.165, 1.54) is 5.56 Å². The molecule has 1 atom stereocenters. The summed E-state index contributed by atoms with van der Waals surface area (Å²) < 4.78 is 4.92. The van der Waals surface area contributed by atoms with Crippen molar-refractivity contribution in [1.29, 1.82) is 0 Å². The molecule has 100 valence electrons. The summed E-state index contributed by atoms with van der Waals surface area (Å²) in [4.78, 5) is 11.9. The van der Waals surface area contributed by atoms with E-state index >= 15 is 0 Å². The number of ether oxygens (including phenoxy) is 1. The number of methoxy groups -OCH3 is 1. The average Bonchev–Trinajstić information content (AvgIpc) is 2.36. The lowest BCUT2D eigenvalue weighted by atomic mass is 9.98. The first-order valence-electron chi connectivity index (χ1n) is 6.40. The molecule has 3 heteroatoms. The van der Waals surface area contributed by atoms with Gasteiger partial charge in [0.25, 0.3) is 0 Å². The van der Waals surface area contributed by atoms with Gasteiger partial charge < -0.3 is 10.5 Å². The highest BCUT2D eigenvalue weighted by molar-refractivity contribution is 5.85. The van der Waals surface area contributed by atoms with Crippen molar-refractivity contribution in [2.45, 2.75) is 38.6 Å². The second kappa shape index (κ2) is 7.29. The van der Waals surface area contributed by atoms with Gasteiger partial charge in [-0.25, -0.2) is 0 Å². The van der Waals surface area contributed by atoms with Crippen LogP contribution in [0, 0.1) is 0 Å². The molecule has 18 heavy (non-hydrogen) atoms. The zero-order valence-electron chi connectivity index (χ0n) is 11.5. The quantitative estimate of drug-likeness (QED) is 0.806. The second-order valence-electron chi connectivity index (χ2n) is 4.93. The van der Waals surface area contributed by atoms with Gasteiger partial charge in [0.1, 0.15) is 0 Å². The smallest absolute Gasteiger partial charge is 0.153 e. The summed E-state index contributed by atoms with van der Waals surface area (Å²) >= 11 is 0. The van der Waals surface area contributed by atoms with E-state index in [0.29, 0.717) is 25.4 Å². The van der Waals surface area contributed by atoms with Crippen molar-refractivity contribution < 1.29 is 9.53 Å². The van der Waals surface area contributed by atoms with Crippen molar-refractivity contribution >= 4 is 5.78 Å². The summed E-state index contributed by atoms with van der Waals surface area (Å²) in [6.07, 6.45) is 0.989. The Morgan fingerprint density at radius 2 is 1.89 bits per heavy atom. The summed E-state index contributed by atoms with van der Waals surface area (Å²) in [6, 6.07) is 7.75. The van der Waals surface area contributed by atoms with Crippen LogP contribution in [0.3, 0.4) is 0 Å². The molecule has 3 nitrogen and oxygen atoms in total. The number of hydrogen-bond acceptors (Lipinski definition) is 3. The molecular weight excluding hydrogens is 226 g/mol. The highest BCUT2D eigenvalue weighted by atomic mass is 16.5. The SMILES string of the molecule is COCCC(N)C(=O)Cc1ccc(C(C)C)cc1. The standard InChI is InChI=1S/C15H23NO2/c1-11(2)13-6-4-12(5-7-13)10-15(17)14(16)8-9-18-3/h4-7,11,14H,8-10,16H2,1-3H3. The average molecular weight is 249 g/mol. The van der Waals surface area contributed by atoms with Crippen LogP contribution < -0.4 is 5.73 Å². The van der Waals surface area contributed by atoms with Crippen LogP contribution in [-0.4, -0.2) is 25.5 Å². The third-order valence-electron chi connectivity index (χ3n) is 3.07. The molecule has 0 bridgehead atoms. The fraction of sp³-hybridized carbons (Fsp3) is 0.533. The van der Waals surface area contributed by atoms with Crippen molar-refractivity contribution in [3.05, 3.63) is 35.4 Å². The van der Waals surface area contributed by atoms with Crippen LogP contribution in [0.4, 0.5) is 0 Å². The van der Waals surface area contributed by atoms with Crippen molar-refractivity contribution in [1.82, 2.24) is 0 Å². The largest absolute Gasteiger partial charge is 0.385 e. The van der Waals surface area contributed by atoms with Crippen LogP contribution in [0.1, 0.15) is 37.3 Å². The minimum Gasteiger partial charge on any atom is -0.385 e. The van der Waals surface area contributed by atoms with Gasteiger partial charge in [-0.1, -0.05) is 38.1 Å². The van der Waals surface area contributed by atoms with Crippen molar-refractivity contribution in [2.75, 3.05) is 13.7 Å². The number of nitrogens with two attached hydrogens (primary N) is 1. The lowest BCUT2D eigenvalue weighted by Crippen LogP contribution is -2.32. The van der Waals surface area contributed by atoms with Gasteiger partial charge in [-0.2, -0.15) is 0 Å². The molecule has 1 aromatic carbocycles.